The highest BCUT2D eigenvalue weighted by Crippen LogP contribution is 2.56. The van der Waals surface area contributed by atoms with Gasteiger partial charge in [0.25, 0.3) is 0 Å². The third kappa shape index (κ3) is 5.68. The Morgan fingerprint density at radius 1 is 0.571 bits per heavy atom. The van der Waals surface area contributed by atoms with Crippen LogP contribution in [0.15, 0.2) is 60.7 Å². The number of halogens is 10. The third-order valence-corrected chi connectivity index (χ3v) is 7.87. The van der Waals surface area contributed by atoms with Gasteiger partial charge in [0.15, 0.2) is 0 Å². The van der Waals surface area contributed by atoms with E-state index in [0.717, 1.165) is 9.80 Å². The van der Waals surface area contributed by atoms with Gasteiger partial charge >= 0.3 is 24.2 Å². The quantitative estimate of drug-likeness (QED) is 0.347. The number of amides is 2. The molecule has 0 N–H and O–H groups in total. The number of benzene rings is 2. The molecular weight excluding hydrogens is 586 g/mol. The van der Waals surface area contributed by atoms with Crippen molar-refractivity contribution >= 4 is 11.8 Å². The second-order valence-electron chi connectivity index (χ2n) is 10.6. The Morgan fingerprint density at radius 3 is 1.07 bits per heavy atom. The van der Waals surface area contributed by atoms with Crippen molar-refractivity contribution in [3.63, 3.8) is 0 Å². The normalized spacial score (nSPS) is 23.7. The van der Waals surface area contributed by atoms with Crippen LogP contribution in [-0.4, -0.2) is 73.0 Å². The van der Waals surface area contributed by atoms with Crippen LogP contribution in [0.25, 0.3) is 0 Å². The number of rotatable bonds is 6. The van der Waals surface area contributed by atoms with Gasteiger partial charge < -0.3 is 9.80 Å². The third-order valence-electron chi connectivity index (χ3n) is 7.87. The maximum absolute atomic E-state index is 14.0. The summed E-state index contributed by atoms with van der Waals surface area (Å²) in [5.74, 6) is -12.5. The fourth-order valence-electron chi connectivity index (χ4n) is 5.43. The molecular formula is C28H28F10N2O2. The minimum Gasteiger partial charge on any atom is -0.345 e. The van der Waals surface area contributed by atoms with E-state index in [4.69, 9.17) is 0 Å². The molecule has 2 amide bonds. The molecule has 0 aromatic heterocycles. The van der Waals surface area contributed by atoms with Crippen molar-refractivity contribution in [1.29, 1.82) is 0 Å². The van der Waals surface area contributed by atoms with Gasteiger partial charge in [0.05, 0.1) is 0 Å². The number of carbonyl (C=O) groups is 2. The molecule has 232 valence electrons. The predicted molar refractivity (Wildman–Crippen MR) is 132 cm³/mol. The second-order valence-corrected chi connectivity index (χ2v) is 10.6. The van der Waals surface area contributed by atoms with Crippen LogP contribution in [0.1, 0.15) is 24.0 Å². The number of hydrogen-bond acceptors (Lipinski definition) is 2. The van der Waals surface area contributed by atoms with Gasteiger partial charge in [-0.15, -0.1) is 0 Å². The highest BCUT2D eigenvalue weighted by Gasteiger charge is 2.75. The topological polar surface area (TPSA) is 40.6 Å². The van der Waals surface area contributed by atoms with Crippen LogP contribution in [-0.2, 0) is 22.4 Å². The van der Waals surface area contributed by atoms with Gasteiger partial charge in [-0.1, -0.05) is 60.7 Å². The summed E-state index contributed by atoms with van der Waals surface area (Å²) >= 11 is 0. The maximum Gasteiger partial charge on any atom is 0.454 e. The highest BCUT2D eigenvalue weighted by atomic mass is 19.4. The Hall–Kier alpha value is -3.32. The molecule has 0 unspecified atom stereocenters. The zero-order valence-corrected chi connectivity index (χ0v) is 22.5. The van der Waals surface area contributed by atoms with Gasteiger partial charge in [0, 0.05) is 27.2 Å². The SMILES string of the molecule is CN1CC[C@@](Cc2ccccc2)(C(F)(F)C(F)(F)F)C1=O.CN1CC[C@@](Cc2ccccc2)(C(F)(F)C(F)(F)F)C1=O. The van der Waals surface area contributed by atoms with E-state index in [1.165, 1.54) is 62.6 Å². The summed E-state index contributed by atoms with van der Waals surface area (Å²) in [6, 6.07) is 15.2. The van der Waals surface area contributed by atoms with E-state index >= 15 is 0 Å². The zero-order chi connectivity index (χ0) is 31.8. The van der Waals surface area contributed by atoms with Crippen LogP contribution in [0.4, 0.5) is 43.9 Å². The van der Waals surface area contributed by atoms with Crippen molar-refractivity contribution in [3.8, 4) is 0 Å². The lowest BCUT2D eigenvalue weighted by atomic mass is 9.74. The van der Waals surface area contributed by atoms with E-state index in [-0.39, 0.29) is 24.2 Å². The molecule has 0 spiro atoms. The average molecular weight is 615 g/mol. The minimum absolute atomic E-state index is 0.114. The molecule has 14 heteroatoms. The summed E-state index contributed by atoms with van der Waals surface area (Å²) in [4.78, 5) is 26.0. The van der Waals surface area contributed by atoms with Crippen molar-refractivity contribution in [2.24, 2.45) is 10.8 Å². The Bertz CT molecular complexity index is 1150. The molecule has 0 saturated carbocycles. The first kappa shape index (κ1) is 33.2. The fraction of sp³-hybridized carbons (Fsp3) is 0.500. The van der Waals surface area contributed by atoms with E-state index in [2.05, 4.69) is 0 Å². The Labute approximate surface area is 235 Å². The van der Waals surface area contributed by atoms with Crippen LogP contribution in [0.3, 0.4) is 0 Å². The maximum atomic E-state index is 14.0. The zero-order valence-electron chi connectivity index (χ0n) is 22.5. The molecule has 2 atom stereocenters. The van der Waals surface area contributed by atoms with Gasteiger partial charge in [-0.25, -0.2) is 0 Å². The summed E-state index contributed by atoms with van der Waals surface area (Å²) in [7, 11) is 2.48. The van der Waals surface area contributed by atoms with Crippen molar-refractivity contribution in [1.82, 2.24) is 9.80 Å². The first-order valence-electron chi connectivity index (χ1n) is 12.7. The molecule has 2 aliphatic rings. The molecule has 2 heterocycles. The molecule has 4 rings (SSSR count). The molecule has 0 bridgehead atoms. The fourth-order valence-corrected chi connectivity index (χ4v) is 5.43. The van der Waals surface area contributed by atoms with Crippen molar-refractivity contribution in [3.05, 3.63) is 71.8 Å². The number of nitrogens with zero attached hydrogens (tertiary/aromatic N) is 2. The molecule has 2 aromatic carbocycles. The van der Waals surface area contributed by atoms with Gasteiger partial charge in [0.2, 0.25) is 11.8 Å². The molecule has 2 saturated heterocycles. The average Bonchev–Trinajstić information content (AvgIpc) is 3.36. The number of hydrogen-bond donors (Lipinski definition) is 0. The number of alkyl halides is 10. The Balaban J connectivity index is 0.000000230. The Morgan fingerprint density at radius 2 is 0.857 bits per heavy atom. The number of carbonyl (C=O) groups excluding carboxylic acids is 2. The van der Waals surface area contributed by atoms with Gasteiger partial charge in [-0.2, -0.15) is 43.9 Å². The van der Waals surface area contributed by atoms with Crippen LogP contribution in [0.5, 0.6) is 0 Å². The minimum atomic E-state index is -5.76. The lowest BCUT2D eigenvalue weighted by Crippen LogP contribution is -2.56. The van der Waals surface area contributed by atoms with Crippen molar-refractivity contribution in [2.75, 3.05) is 27.2 Å². The summed E-state index contributed by atoms with van der Waals surface area (Å²) in [6.45, 7) is -0.228. The molecule has 4 nitrogen and oxygen atoms in total. The standard InChI is InChI=1S/2C14H14F5NO/c2*1-20-8-7-12(11(20)21,13(15,16)14(17,18)19)9-10-5-3-2-4-6-10/h2*2-6H,7-9H2,1H3/t2*12-/m00/s1. The molecule has 0 radical (unpaired) electrons. The van der Waals surface area contributed by atoms with E-state index in [1.54, 1.807) is 12.1 Å². The first-order valence-corrected chi connectivity index (χ1v) is 12.7. The molecule has 42 heavy (non-hydrogen) atoms. The van der Waals surface area contributed by atoms with E-state index in [9.17, 15) is 53.5 Å². The lowest BCUT2D eigenvalue weighted by Gasteiger charge is -2.36. The van der Waals surface area contributed by atoms with Crippen LogP contribution in [0, 0.1) is 10.8 Å². The van der Waals surface area contributed by atoms with Gasteiger partial charge in [-0.05, 0) is 36.8 Å². The lowest BCUT2D eigenvalue weighted by molar-refractivity contribution is -0.319. The first-order chi connectivity index (χ1) is 19.2. The number of likely N-dealkylation sites (tertiary alicyclic amines) is 2. The smallest absolute Gasteiger partial charge is 0.345 e. The second kappa shape index (κ2) is 11.4. The van der Waals surface area contributed by atoms with Crippen molar-refractivity contribution < 1.29 is 53.5 Å². The molecule has 2 aromatic rings. The van der Waals surface area contributed by atoms with E-state index < -0.39 is 72.5 Å². The van der Waals surface area contributed by atoms with Gasteiger partial charge in [0.1, 0.15) is 10.8 Å². The summed E-state index contributed by atoms with van der Waals surface area (Å²) in [5, 5.41) is 0. The van der Waals surface area contributed by atoms with Crippen LogP contribution >= 0.6 is 0 Å². The summed E-state index contributed by atoms with van der Waals surface area (Å²) in [6.07, 6.45) is -13.8. The Kier molecular flexibility index (Phi) is 9.01. The van der Waals surface area contributed by atoms with Gasteiger partial charge in [-0.3, -0.25) is 9.59 Å². The molecule has 0 aliphatic carbocycles. The van der Waals surface area contributed by atoms with Crippen LogP contribution in [0.2, 0.25) is 0 Å². The monoisotopic (exact) mass is 614 g/mol. The van der Waals surface area contributed by atoms with E-state index in [0.29, 0.717) is 0 Å². The highest BCUT2D eigenvalue weighted by molar-refractivity contribution is 5.87. The van der Waals surface area contributed by atoms with Crippen molar-refractivity contribution in [2.45, 2.75) is 49.9 Å². The van der Waals surface area contributed by atoms with E-state index in [1.807, 2.05) is 0 Å². The van der Waals surface area contributed by atoms with Crippen LogP contribution < -0.4 is 0 Å². The molecule has 2 aliphatic heterocycles. The summed E-state index contributed by atoms with van der Waals surface area (Å²) < 4.78 is 133. The predicted octanol–water partition coefficient (Wildman–Crippen LogP) is 6.55. The largest absolute Gasteiger partial charge is 0.454 e. The molecule has 2 fully saturated rings. The summed E-state index contributed by atoms with van der Waals surface area (Å²) in [5.41, 5.74) is -4.96.